The third-order valence-corrected chi connectivity index (χ3v) is 29.2. The molecule has 666 valence electrons. The Labute approximate surface area is 812 Å². The fourth-order valence-electron chi connectivity index (χ4n) is 22.3. The summed E-state index contributed by atoms with van der Waals surface area (Å²) < 4.78 is 47.3. The number of aryl methyl sites for hydroxylation is 6. The Bertz CT molecular complexity index is 9940. The molecule has 0 radical (unpaired) electrons. The van der Waals surface area contributed by atoms with Gasteiger partial charge in [0.2, 0.25) is 17.7 Å². The lowest BCUT2D eigenvalue weighted by molar-refractivity contribution is 0.620. The van der Waals surface area contributed by atoms with Gasteiger partial charge in [-0.3, -0.25) is 0 Å². The van der Waals surface area contributed by atoms with Crippen LogP contribution in [0.5, 0.6) is 0 Å². The van der Waals surface area contributed by atoms with Crippen LogP contribution in [-0.4, -0.2) is 15.0 Å². The normalized spacial score (nSPS) is 11.8. The SMILES string of the molecule is Cc1ccccc1-c1ccc2ccc3c(-c4ccccc4C)cc(-c4nc5cc(-c6ccc(F)cc6)ccc5o4)c4ccc1c2c43.Cc1ccccc1-c1ccc2ccc3c(-c4ccccc4C)cc(-c4nc5cc(-c6cccc(F)c6)ccc5o4)c4ccc1c2c43.Cc1ccccc1-c1ccc2ccc3c(-c4ccccc4C)cc(-c4nc5cc(-c6cccc7ccccc67)ccc5o4)c4ccc1c2c43. The number of hydrogen-bond acceptors (Lipinski definition) is 6. The predicted octanol–water partition coefficient (Wildman–Crippen LogP) is 37.5. The van der Waals surface area contributed by atoms with Gasteiger partial charge in [0.15, 0.2) is 16.7 Å². The maximum absolute atomic E-state index is 14.0. The van der Waals surface area contributed by atoms with E-state index in [0.717, 1.165) is 93.9 Å². The highest BCUT2D eigenvalue weighted by molar-refractivity contribution is 6.33. The van der Waals surface area contributed by atoms with Gasteiger partial charge in [-0.15, -0.1) is 0 Å². The molecule has 3 heterocycles. The molecular formula is C133H87F2N3O3. The second-order valence-corrected chi connectivity index (χ2v) is 37.5. The lowest BCUT2D eigenvalue weighted by atomic mass is 9.84. The maximum Gasteiger partial charge on any atom is 0.227 e. The van der Waals surface area contributed by atoms with Crippen molar-refractivity contribution < 1.29 is 22.0 Å². The molecule has 0 N–H and O–H groups in total. The molecule has 0 bridgehead atoms. The zero-order valence-corrected chi connectivity index (χ0v) is 78.2. The van der Waals surface area contributed by atoms with E-state index in [1.165, 1.54) is 204 Å². The molecule has 0 unspecified atom stereocenters. The third-order valence-electron chi connectivity index (χ3n) is 29.2. The Morgan fingerprint density at radius 1 is 0.163 bits per heavy atom. The minimum Gasteiger partial charge on any atom is -0.436 e. The van der Waals surface area contributed by atoms with Gasteiger partial charge in [-0.05, 0) is 362 Å². The quantitative estimate of drug-likeness (QED) is 0.113. The average molecular weight is 1810 g/mol. The maximum atomic E-state index is 14.0. The minimum absolute atomic E-state index is 0.252. The predicted molar refractivity (Wildman–Crippen MR) is 584 cm³/mol. The summed E-state index contributed by atoms with van der Waals surface area (Å²) in [6.45, 7) is 13.1. The Balaban J connectivity index is 0.000000109. The fraction of sp³-hybridized carbons (Fsp3) is 0.0451. The molecule has 0 aliphatic carbocycles. The van der Waals surface area contributed by atoms with Gasteiger partial charge < -0.3 is 13.3 Å². The van der Waals surface area contributed by atoms with Crippen molar-refractivity contribution in [2.45, 2.75) is 41.5 Å². The first-order valence-corrected chi connectivity index (χ1v) is 48.0. The Morgan fingerprint density at radius 3 is 0.816 bits per heavy atom. The average Bonchev–Trinajstić information content (AvgIpc) is 1.57. The summed E-state index contributed by atoms with van der Waals surface area (Å²) in [6, 6.07) is 146. The van der Waals surface area contributed by atoms with E-state index >= 15 is 0 Å². The van der Waals surface area contributed by atoms with Crippen LogP contribution < -0.4 is 0 Å². The van der Waals surface area contributed by atoms with E-state index in [9.17, 15) is 8.78 Å². The van der Waals surface area contributed by atoms with Crippen molar-refractivity contribution in [2.24, 2.45) is 0 Å². The van der Waals surface area contributed by atoms with E-state index in [1.807, 2.05) is 42.5 Å². The number of aromatic nitrogens is 3. The first-order valence-electron chi connectivity index (χ1n) is 48.0. The molecule has 0 saturated carbocycles. The number of rotatable bonds is 12. The molecule has 0 fully saturated rings. The molecular weight excluding hydrogens is 1730 g/mol. The monoisotopic (exact) mass is 1810 g/mol. The Hall–Kier alpha value is -17.9. The summed E-state index contributed by atoms with van der Waals surface area (Å²) in [6.07, 6.45) is 0. The van der Waals surface area contributed by atoms with Crippen LogP contribution >= 0.6 is 0 Å². The highest BCUT2D eigenvalue weighted by atomic mass is 19.1. The Morgan fingerprint density at radius 2 is 0.440 bits per heavy atom. The van der Waals surface area contributed by atoms with Crippen molar-refractivity contribution in [3.8, 4) is 135 Å². The summed E-state index contributed by atoms with van der Waals surface area (Å²) in [5.41, 5.74) is 35.4. The highest BCUT2D eigenvalue weighted by Gasteiger charge is 2.28. The third kappa shape index (κ3) is 14.1. The molecule has 0 saturated heterocycles. The van der Waals surface area contributed by atoms with Crippen LogP contribution in [0.15, 0.2) is 432 Å². The molecule has 0 spiro atoms. The summed E-state index contributed by atoms with van der Waals surface area (Å²) in [7, 11) is 0. The molecule has 0 aliphatic heterocycles. The van der Waals surface area contributed by atoms with Crippen LogP contribution in [0.3, 0.4) is 0 Å². The van der Waals surface area contributed by atoms with Gasteiger partial charge in [0.05, 0.1) is 0 Å². The molecule has 141 heavy (non-hydrogen) atoms. The molecule has 0 atom stereocenters. The van der Waals surface area contributed by atoms with Gasteiger partial charge in [0.25, 0.3) is 0 Å². The Kier molecular flexibility index (Phi) is 19.9. The van der Waals surface area contributed by atoms with E-state index in [4.69, 9.17) is 28.2 Å². The van der Waals surface area contributed by atoms with Gasteiger partial charge in [0, 0.05) is 16.7 Å². The second-order valence-electron chi connectivity index (χ2n) is 37.5. The van der Waals surface area contributed by atoms with Crippen LogP contribution in [0.2, 0.25) is 0 Å². The first kappa shape index (κ1) is 83.7. The van der Waals surface area contributed by atoms with Gasteiger partial charge in [-0.25, -0.2) is 23.7 Å². The highest BCUT2D eigenvalue weighted by Crippen LogP contribution is 2.53. The molecule has 0 amide bonds. The van der Waals surface area contributed by atoms with Crippen molar-refractivity contribution in [3.05, 3.63) is 464 Å². The van der Waals surface area contributed by atoms with Crippen molar-refractivity contribution >= 4 is 141 Å². The second kappa shape index (κ2) is 33.6. The van der Waals surface area contributed by atoms with Crippen molar-refractivity contribution in [1.82, 2.24) is 15.0 Å². The fourth-order valence-corrected chi connectivity index (χ4v) is 22.3. The summed E-state index contributed by atoms with van der Waals surface area (Å²) in [5.74, 6) is 1.27. The zero-order valence-electron chi connectivity index (χ0n) is 78.2. The largest absolute Gasteiger partial charge is 0.436 e. The van der Waals surface area contributed by atoms with Gasteiger partial charge in [-0.1, -0.05) is 340 Å². The molecule has 28 rings (SSSR count). The van der Waals surface area contributed by atoms with Crippen LogP contribution in [0.25, 0.3) is 276 Å². The number of halogens is 2. The lowest BCUT2D eigenvalue weighted by Crippen LogP contribution is -1.93. The molecule has 28 aromatic rings. The summed E-state index contributed by atoms with van der Waals surface area (Å²) in [5, 5.41) is 24.3. The van der Waals surface area contributed by atoms with Crippen LogP contribution in [0, 0.1) is 53.2 Å². The van der Waals surface area contributed by atoms with E-state index in [1.54, 1.807) is 24.3 Å². The number of benzene rings is 25. The van der Waals surface area contributed by atoms with E-state index < -0.39 is 0 Å². The summed E-state index contributed by atoms with van der Waals surface area (Å²) >= 11 is 0. The standard InChI is InChI=1S/C47H31NO.2C43H28FNO/c1-28-10-3-6-14-33(28)37-21-18-31-19-22-39-41(34-15-7-4-11-29(34)2)27-42(40-24-23-38(37)45(31)46(39)40)47-48-43-26-32(20-25-44(43)49-47)36-17-9-13-30-12-5-8-16-35(30)36;1-25-8-3-5-12-31(25)33-17-14-27-15-18-35-37(32-13-6-4-9-26(32)2)24-38(36-20-19-34(33)41(27)42(35)36)43-45-39-23-29(16-21-40(39)46-43)28-10-7-11-30(44)22-28;1-25-7-3-5-9-31(25)33-18-13-28-14-19-35-37(32-10-6-4-8-26(32)2)24-38(36-21-20-34(33)41(28)42(35)36)43-45-39-23-29(15-22-40(39)46-43)27-11-16-30(44)17-12-27/h3-27H,1-2H3;2*3-24H,1-2H3. The van der Waals surface area contributed by atoms with Gasteiger partial charge in [-0.2, -0.15) is 0 Å². The van der Waals surface area contributed by atoms with Crippen molar-refractivity contribution in [2.75, 3.05) is 0 Å². The number of nitrogens with zero attached hydrogens (tertiary/aromatic N) is 3. The van der Waals surface area contributed by atoms with E-state index in [-0.39, 0.29) is 11.6 Å². The van der Waals surface area contributed by atoms with Crippen molar-refractivity contribution in [1.29, 1.82) is 0 Å². The molecule has 25 aromatic carbocycles. The van der Waals surface area contributed by atoms with Crippen molar-refractivity contribution in [3.63, 3.8) is 0 Å². The van der Waals surface area contributed by atoms with Crippen LogP contribution in [0.1, 0.15) is 33.4 Å². The number of fused-ring (bicyclic) bond motifs is 4. The van der Waals surface area contributed by atoms with E-state index in [0.29, 0.717) is 28.8 Å². The lowest BCUT2D eigenvalue weighted by Gasteiger charge is -2.19. The number of hydrogen-bond donors (Lipinski definition) is 0. The summed E-state index contributed by atoms with van der Waals surface area (Å²) in [4.78, 5) is 15.3. The van der Waals surface area contributed by atoms with Crippen LogP contribution in [0.4, 0.5) is 8.78 Å². The molecule has 3 aromatic heterocycles. The molecule has 8 heteroatoms. The first-order chi connectivity index (χ1) is 69.2. The smallest absolute Gasteiger partial charge is 0.227 e. The van der Waals surface area contributed by atoms with E-state index in [2.05, 4.69) is 375 Å². The zero-order chi connectivity index (χ0) is 94.5. The molecule has 6 nitrogen and oxygen atoms in total. The van der Waals surface area contributed by atoms with Gasteiger partial charge >= 0.3 is 0 Å². The topological polar surface area (TPSA) is 78.1 Å². The van der Waals surface area contributed by atoms with Crippen LogP contribution in [-0.2, 0) is 0 Å². The van der Waals surface area contributed by atoms with Gasteiger partial charge in [0.1, 0.15) is 28.2 Å². The number of oxazole rings is 3. The minimum atomic E-state index is -0.263. The molecule has 0 aliphatic rings.